The zero-order valence-corrected chi connectivity index (χ0v) is 11.2. The third-order valence-corrected chi connectivity index (χ3v) is 4.04. The summed E-state index contributed by atoms with van der Waals surface area (Å²) >= 11 is 5.63. The molecule has 19 heavy (non-hydrogen) atoms. The van der Waals surface area contributed by atoms with Gasteiger partial charge in [0.1, 0.15) is 0 Å². The van der Waals surface area contributed by atoms with Crippen molar-refractivity contribution < 1.29 is 27.1 Å². The molecule has 0 amide bonds. The molecule has 0 unspecified atom stereocenters. The fraction of sp³-hybridized carbons (Fsp3) is 0.300. The Bertz CT molecular complexity index is 604. The molecular weight excluding hydrogens is 304 g/mol. The Kier molecular flexibility index (Phi) is 4.83. The van der Waals surface area contributed by atoms with Gasteiger partial charge in [-0.05, 0) is 24.6 Å². The molecule has 1 aromatic carbocycles. The number of carbonyl (C=O) groups is 1. The first-order chi connectivity index (χ1) is 8.65. The minimum Gasteiger partial charge on any atom is -0.478 e. The van der Waals surface area contributed by atoms with Crippen LogP contribution in [0.25, 0.3) is 0 Å². The Morgan fingerprint density at radius 1 is 1.47 bits per heavy atom. The number of halogens is 3. The Balaban J connectivity index is 3.31. The molecule has 0 bridgehead atoms. The van der Waals surface area contributed by atoms with Crippen LogP contribution in [0.1, 0.15) is 15.9 Å². The van der Waals surface area contributed by atoms with Gasteiger partial charge in [-0.2, -0.15) is 0 Å². The average molecular weight is 314 g/mol. The van der Waals surface area contributed by atoms with Crippen LogP contribution in [-0.4, -0.2) is 32.5 Å². The average Bonchev–Trinajstić information content (AvgIpc) is 2.28. The first-order valence-electron chi connectivity index (χ1n) is 4.96. The Morgan fingerprint density at radius 3 is 2.53 bits per heavy atom. The van der Waals surface area contributed by atoms with Gasteiger partial charge in [-0.15, -0.1) is 0 Å². The monoisotopic (exact) mass is 313 g/mol. The fourth-order valence-corrected chi connectivity index (χ4v) is 2.98. The van der Waals surface area contributed by atoms with Crippen LogP contribution in [0.5, 0.6) is 0 Å². The SMILES string of the molecule is Cc1c(C(=O)O)cc(Cl)cc1S(=O)(=O)NCC(F)F. The highest BCUT2D eigenvalue weighted by molar-refractivity contribution is 7.89. The summed E-state index contributed by atoms with van der Waals surface area (Å²) in [5.74, 6) is -1.36. The molecule has 0 aliphatic carbocycles. The Labute approximate surface area is 113 Å². The maximum atomic E-state index is 12.0. The summed E-state index contributed by atoms with van der Waals surface area (Å²) in [6, 6.07) is 2.10. The smallest absolute Gasteiger partial charge is 0.336 e. The quantitative estimate of drug-likeness (QED) is 0.869. The summed E-state index contributed by atoms with van der Waals surface area (Å²) in [6.45, 7) is 0.202. The van der Waals surface area contributed by atoms with Crippen LogP contribution in [0.2, 0.25) is 5.02 Å². The van der Waals surface area contributed by atoms with Gasteiger partial charge in [0.15, 0.2) is 0 Å². The third kappa shape index (κ3) is 3.85. The molecule has 0 radical (unpaired) electrons. The highest BCUT2D eigenvalue weighted by Gasteiger charge is 2.23. The highest BCUT2D eigenvalue weighted by Crippen LogP contribution is 2.24. The number of carboxylic acid groups (broad SMARTS) is 1. The van der Waals surface area contributed by atoms with Crippen LogP contribution in [0.15, 0.2) is 17.0 Å². The standard InChI is InChI=1S/C10H10ClF2NO4S/c1-5-7(10(15)16)2-6(11)3-8(5)19(17,18)14-4-9(12)13/h2-3,9,14H,4H2,1H3,(H,15,16). The second kappa shape index (κ2) is 5.81. The molecule has 1 aromatic rings. The summed E-state index contributed by atoms with van der Waals surface area (Å²) in [5.41, 5.74) is -0.372. The predicted octanol–water partition coefficient (Wildman–Crippen LogP) is 1.89. The maximum absolute atomic E-state index is 12.0. The number of rotatable bonds is 5. The van der Waals surface area contributed by atoms with E-state index in [1.54, 1.807) is 4.72 Å². The van der Waals surface area contributed by atoms with E-state index in [4.69, 9.17) is 16.7 Å². The minimum absolute atomic E-state index is 0.0707. The summed E-state index contributed by atoms with van der Waals surface area (Å²) in [5, 5.41) is 8.79. The molecule has 1 rings (SSSR count). The van der Waals surface area contributed by atoms with Crippen LogP contribution >= 0.6 is 11.6 Å². The molecule has 2 N–H and O–H groups in total. The number of sulfonamides is 1. The van der Waals surface area contributed by atoms with Gasteiger partial charge < -0.3 is 5.11 Å². The molecule has 0 spiro atoms. The van der Waals surface area contributed by atoms with Crippen molar-refractivity contribution in [3.05, 3.63) is 28.3 Å². The molecule has 0 saturated carbocycles. The van der Waals surface area contributed by atoms with Crippen LogP contribution < -0.4 is 4.72 Å². The molecule has 0 fully saturated rings. The first kappa shape index (κ1) is 15.8. The van der Waals surface area contributed by atoms with E-state index in [9.17, 15) is 22.0 Å². The van der Waals surface area contributed by atoms with Gasteiger partial charge >= 0.3 is 5.97 Å². The van der Waals surface area contributed by atoms with Crippen molar-refractivity contribution in [2.24, 2.45) is 0 Å². The van der Waals surface area contributed by atoms with E-state index in [2.05, 4.69) is 0 Å². The lowest BCUT2D eigenvalue weighted by molar-refractivity contribution is 0.0695. The zero-order chi connectivity index (χ0) is 14.8. The molecule has 5 nitrogen and oxygen atoms in total. The first-order valence-corrected chi connectivity index (χ1v) is 6.82. The van der Waals surface area contributed by atoms with Gasteiger partial charge in [-0.3, -0.25) is 0 Å². The maximum Gasteiger partial charge on any atom is 0.336 e. The van der Waals surface area contributed by atoms with Gasteiger partial charge in [0, 0.05) is 5.02 Å². The topological polar surface area (TPSA) is 83.5 Å². The predicted molar refractivity (Wildman–Crippen MR) is 64.3 cm³/mol. The van der Waals surface area contributed by atoms with Crippen molar-refractivity contribution in [1.29, 1.82) is 0 Å². The lowest BCUT2D eigenvalue weighted by Gasteiger charge is -2.11. The molecule has 0 atom stereocenters. The van der Waals surface area contributed by atoms with Crippen LogP contribution in [-0.2, 0) is 10.0 Å². The molecule has 0 heterocycles. The fourth-order valence-electron chi connectivity index (χ4n) is 1.41. The number of nitrogens with one attached hydrogen (secondary N) is 1. The van der Waals surface area contributed by atoms with E-state index in [1.165, 1.54) is 6.92 Å². The second-order valence-corrected chi connectivity index (χ2v) is 5.80. The van der Waals surface area contributed by atoms with Crippen molar-refractivity contribution in [3.8, 4) is 0 Å². The van der Waals surface area contributed by atoms with E-state index >= 15 is 0 Å². The van der Waals surface area contributed by atoms with Crippen LogP contribution in [0.3, 0.4) is 0 Å². The highest BCUT2D eigenvalue weighted by atomic mass is 35.5. The minimum atomic E-state index is -4.24. The normalized spacial score (nSPS) is 11.8. The van der Waals surface area contributed by atoms with E-state index < -0.39 is 33.9 Å². The van der Waals surface area contributed by atoms with E-state index in [0.717, 1.165) is 12.1 Å². The number of carboxylic acids is 1. The summed E-state index contributed by atoms with van der Waals surface area (Å²) in [6.07, 6.45) is -2.85. The van der Waals surface area contributed by atoms with Crippen molar-refractivity contribution >= 4 is 27.6 Å². The van der Waals surface area contributed by atoms with Crippen LogP contribution in [0, 0.1) is 6.92 Å². The number of aromatic carboxylic acids is 1. The molecule has 0 aliphatic heterocycles. The molecule has 9 heteroatoms. The summed E-state index contributed by atoms with van der Waals surface area (Å²) in [4.78, 5) is 10.5. The number of hydrogen-bond donors (Lipinski definition) is 2. The number of alkyl halides is 2. The van der Waals surface area contributed by atoms with E-state index in [0.29, 0.717) is 0 Å². The lowest BCUT2D eigenvalue weighted by atomic mass is 10.1. The molecular formula is C10H10ClF2NO4S. The Morgan fingerprint density at radius 2 is 2.05 bits per heavy atom. The molecule has 106 valence electrons. The zero-order valence-electron chi connectivity index (χ0n) is 9.65. The van der Waals surface area contributed by atoms with Gasteiger partial charge in [0.2, 0.25) is 10.0 Å². The van der Waals surface area contributed by atoms with Gasteiger partial charge in [-0.1, -0.05) is 11.6 Å². The van der Waals surface area contributed by atoms with E-state index in [-0.39, 0.29) is 16.1 Å². The second-order valence-electron chi connectivity index (χ2n) is 3.62. The summed E-state index contributed by atoms with van der Waals surface area (Å²) < 4.78 is 49.3. The van der Waals surface area contributed by atoms with Crippen molar-refractivity contribution in [2.75, 3.05) is 6.54 Å². The largest absolute Gasteiger partial charge is 0.478 e. The van der Waals surface area contributed by atoms with Gasteiger partial charge in [0.25, 0.3) is 6.43 Å². The van der Waals surface area contributed by atoms with Gasteiger partial charge in [-0.25, -0.2) is 26.7 Å². The molecule has 0 saturated heterocycles. The van der Waals surface area contributed by atoms with E-state index in [1.807, 2.05) is 0 Å². The number of benzene rings is 1. The Hall–Kier alpha value is -1.25. The molecule has 0 aromatic heterocycles. The van der Waals surface area contributed by atoms with Crippen LogP contribution in [0.4, 0.5) is 8.78 Å². The lowest BCUT2D eigenvalue weighted by Crippen LogP contribution is -2.29. The van der Waals surface area contributed by atoms with Crippen molar-refractivity contribution in [3.63, 3.8) is 0 Å². The molecule has 0 aliphatic rings. The third-order valence-electron chi connectivity index (χ3n) is 2.27. The summed E-state index contributed by atoms with van der Waals surface area (Å²) in [7, 11) is -4.24. The van der Waals surface area contributed by atoms with Gasteiger partial charge in [0.05, 0.1) is 17.0 Å². The number of hydrogen-bond acceptors (Lipinski definition) is 3. The van der Waals surface area contributed by atoms with Crippen molar-refractivity contribution in [2.45, 2.75) is 18.2 Å². The van der Waals surface area contributed by atoms with Crippen molar-refractivity contribution in [1.82, 2.24) is 4.72 Å².